The van der Waals surface area contributed by atoms with E-state index in [1.54, 1.807) is 0 Å². The minimum Gasteiger partial charge on any atom is -0.481 e. The number of rotatable bonds is 12. The largest absolute Gasteiger partial charge is 0.481 e. The molecule has 0 saturated heterocycles. The SMILES string of the molecule is CCCCCCCCCNC(CC(=O)O)c1ccccc1. The summed E-state index contributed by atoms with van der Waals surface area (Å²) in [6, 6.07) is 9.77. The number of nitrogens with one attached hydrogen (secondary N) is 1. The Morgan fingerprint density at radius 3 is 2.29 bits per heavy atom. The zero-order valence-corrected chi connectivity index (χ0v) is 13.2. The van der Waals surface area contributed by atoms with Crippen LogP contribution in [-0.4, -0.2) is 17.6 Å². The fourth-order valence-corrected chi connectivity index (χ4v) is 2.53. The molecule has 1 aromatic carbocycles. The lowest BCUT2D eigenvalue weighted by molar-refractivity contribution is -0.137. The van der Waals surface area contributed by atoms with Crippen LogP contribution in [0.5, 0.6) is 0 Å². The summed E-state index contributed by atoms with van der Waals surface area (Å²) >= 11 is 0. The molecule has 1 aromatic rings. The molecule has 0 amide bonds. The topological polar surface area (TPSA) is 49.3 Å². The van der Waals surface area contributed by atoms with Gasteiger partial charge in [-0.15, -0.1) is 0 Å². The van der Waals surface area contributed by atoms with Crippen LogP contribution in [0.25, 0.3) is 0 Å². The van der Waals surface area contributed by atoms with Crippen LogP contribution in [-0.2, 0) is 4.79 Å². The monoisotopic (exact) mass is 291 g/mol. The lowest BCUT2D eigenvalue weighted by atomic mass is 10.0. The van der Waals surface area contributed by atoms with Crippen LogP contribution in [0, 0.1) is 0 Å². The number of hydrogen-bond acceptors (Lipinski definition) is 2. The van der Waals surface area contributed by atoms with Crippen LogP contribution in [0.3, 0.4) is 0 Å². The smallest absolute Gasteiger partial charge is 0.305 e. The van der Waals surface area contributed by atoms with Crippen molar-refractivity contribution in [2.24, 2.45) is 0 Å². The third kappa shape index (κ3) is 8.51. The average molecular weight is 291 g/mol. The van der Waals surface area contributed by atoms with Gasteiger partial charge in [0.1, 0.15) is 0 Å². The van der Waals surface area contributed by atoms with E-state index >= 15 is 0 Å². The zero-order chi connectivity index (χ0) is 15.3. The van der Waals surface area contributed by atoms with Crippen molar-refractivity contribution in [3.63, 3.8) is 0 Å². The predicted octanol–water partition coefficient (Wildman–Crippen LogP) is 4.54. The quantitative estimate of drug-likeness (QED) is 0.556. The van der Waals surface area contributed by atoms with E-state index in [4.69, 9.17) is 5.11 Å². The molecule has 1 rings (SSSR count). The highest BCUT2D eigenvalue weighted by Crippen LogP contribution is 2.16. The van der Waals surface area contributed by atoms with Crippen LogP contribution in [0.15, 0.2) is 30.3 Å². The van der Waals surface area contributed by atoms with Gasteiger partial charge in [0.05, 0.1) is 6.42 Å². The Labute approximate surface area is 128 Å². The lowest BCUT2D eigenvalue weighted by Gasteiger charge is -2.17. The molecule has 0 fully saturated rings. The van der Waals surface area contributed by atoms with Crippen LogP contribution in [0.2, 0.25) is 0 Å². The molecular formula is C18H29NO2. The van der Waals surface area contributed by atoms with Gasteiger partial charge in [0.2, 0.25) is 0 Å². The summed E-state index contributed by atoms with van der Waals surface area (Å²) in [5.74, 6) is -0.754. The van der Waals surface area contributed by atoms with Gasteiger partial charge in [-0.2, -0.15) is 0 Å². The van der Waals surface area contributed by atoms with Crippen molar-refractivity contribution in [1.29, 1.82) is 0 Å². The van der Waals surface area contributed by atoms with Gasteiger partial charge < -0.3 is 10.4 Å². The highest BCUT2D eigenvalue weighted by Gasteiger charge is 2.14. The number of benzene rings is 1. The predicted molar refractivity (Wildman–Crippen MR) is 87.4 cm³/mol. The van der Waals surface area contributed by atoms with Crippen molar-refractivity contribution in [1.82, 2.24) is 5.32 Å². The molecule has 0 aliphatic rings. The Balaban J connectivity index is 2.23. The third-order valence-corrected chi connectivity index (χ3v) is 3.75. The van der Waals surface area contributed by atoms with Gasteiger partial charge in [0.15, 0.2) is 0 Å². The first-order valence-corrected chi connectivity index (χ1v) is 8.24. The summed E-state index contributed by atoms with van der Waals surface area (Å²) in [7, 11) is 0. The molecule has 1 unspecified atom stereocenters. The van der Waals surface area contributed by atoms with Crippen LogP contribution in [0.4, 0.5) is 0 Å². The first kappa shape index (κ1) is 17.7. The maximum absolute atomic E-state index is 11.0. The van der Waals surface area contributed by atoms with E-state index in [2.05, 4.69) is 12.2 Å². The highest BCUT2D eigenvalue weighted by atomic mass is 16.4. The van der Waals surface area contributed by atoms with E-state index in [1.807, 2.05) is 30.3 Å². The minimum atomic E-state index is -0.754. The Morgan fingerprint density at radius 1 is 1.05 bits per heavy atom. The first-order chi connectivity index (χ1) is 10.2. The second-order valence-corrected chi connectivity index (χ2v) is 5.64. The fourth-order valence-electron chi connectivity index (χ4n) is 2.53. The summed E-state index contributed by atoms with van der Waals surface area (Å²) in [5, 5.41) is 12.4. The molecule has 0 aliphatic heterocycles. The third-order valence-electron chi connectivity index (χ3n) is 3.75. The molecule has 0 heterocycles. The molecule has 3 heteroatoms. The lowest BCUT2D eigenvalue weighted by Crippen LogP contribution is -2.24. The van der Waals surface area contributed by atoms with Gasteiger partial charge in [-0.25, -0.2) is 0 Å². The Kier molecular flexibility index (Phi) is 9.55. The molecule has 0 aliphatic carbocycles. The van der Waals surface area contributed by atoms with Gasteiger partial charge in [0, 0.05) is 6.04 Å². The van der Waals surface area contributed by atoms with E-state index in [0.29, 0.717) is 0 Å². The van der Waals surface area contributed by atoms with Crippen molar-refractivity contribution < 1.29 is 9.90 Å². The molecular weight excluding hydrogens is 262 g/mol. The van der Waals surface area contributed by atoms with E-state index in [9.17, 15) is 4.79 Å². The molecule has 21 heavy (non-hydrogen) atoms. The second-order valence-electron chi connectivity index (χ2n) is 5.64. The van der Waals surface area contributed by atoms with E-state index in [-0.39, 0.29) is 12.5 Å². The molecule has 2 N–H and O–H groups in total. The fraction of sp³-hybridized carbons (Fsp3) is 0.611. The molecule has 0 radical (unpaired) electrons. The van der Waals surface area contributed by atoms with E-state index in [0.717, 1.165) is 18.5 Å². The average Bonchev–Trinajstić information content (AvgIpc) is 2.49. The van der Waals surface area contributed by atoms with Crippen LogP contribution in [0.1, 0.15) is 69.9 Å². The van der Waals surface area contributed by atoms with Gasteiger partial charge in [-0.1, -0.05) is 75.8 Å². The maximum Gasteiger partial charge on any atom is 0.305 e. The molecule has 3 nitrogen and oxygen atoms in total. The summed E-state index contributed by atoms with van der Waals surface area (Å²) in [6.07, 6.45) is 9.07. The van der Waals surface area contributed by atoms with Crippen molar-refractivity contribution in [3.05, 3.63) is 35.9 Å². The summed E-state index contributed by atoms with van der Waals surface area (Å²) in [6.45, 7) is 3.12. The van der Waals surface area contributed by atoms with Crippen LogP contribution >= 0.6 is 0 Å². The Morgan fingerprint density at radius 2 is 1.67 bits per heavy atom. The maximum atomic E-state index is 11.0. The standard InChI is InChI=1S/C18H29NO2/c1-2-3-4-5-6-7-11-14-19-17(15-18(20)21)16-12-9-8-10-13-16/h8-10,12-13,17,19H,2-7,11,14-15H2,1H3,(H,20,21). The summed E-state index contributed by atoms with van der Waals surface area (Å²) < 4.78 is 0. The Hall–Kier alpha value is -1.35. The van der Waals surface area contributed by atoms with Crippen molar-refractivity contribution in [2.45, 2.75) is 64.3 Å². The molecule has 118 valence electrons. The van der Waals surface area contributed by atoms with Gasteiger partial charge >= 0.3 is 5.97 Å². The molecule has 0 spiro atoms. The van der Waals surface area contributed by atoms with E-state index in [1.165, 1.54) is 38.5 Å². The van der Waals surface area contributed by atoms with Crippen molar-refractivity contribution in [2.75, 3.05) is 6.54 Å². The first-order valence-electron chi connectivity index (χ1n) is 8.24. The van der Waals surface area contributed by atoms with Gasteiger partial charge in [-0.3, -0.25) is 4.79 Å². The highest BCUT2D eigenvalue weighted by molar-refractivity contribution is 5.67. The van der Waals surface area contributed by atoms with Gasteiger partial charge in [-0.05, 0) is 18.5 Å². The molecule has 0 saturated carbocycles. The second kappa shape index (κ2) is 11.3. The normalized spacial score (nSPS) is 12.2. The molecule has 0 aromatic heterocycles. The summed E-state index contributed by atoms with van der Waals surface area (Å²) in [4.78, 5) is 11.0. The Bertz CT molecular complexity index is 378. The number of carboxylic acids is 1. The number of carboxylic acid groups (broad SMARTS) is 1. The number of hydrogen-bond donors (Lipinski definition) is 2. The number of unbranched alkanes of at least 4 members (excludes halogenated alkanes) is 6. The summed E-state index contributed by atoms with van der Waals surface area (Å²) in [5.41, 5.74) is 1.06. The van der Waals surface area contributed by atoms with Crippen molar-refractivity contribution >= 4 is 5.97 Å². The number of aliphatic carboxylic acids is 1. The molecule has 1 atom stereocenters. The van der Waals surface area contributed by atoms with E-state index < -0.39 is 5.97 Å². The number of carbonyl (C=O) groups is 1. The zero-order valence-electron chi connectivity index (χ0n) is 13.2. The molecule has 0 bridgehead atoms. The van der Waals surface area contributed by atoms with Crippen LogP contribution < -0.4 is 5.32 Å². The van der Waals surface area contributed by atoms with Gasteiger partial charge in [0.25, 0.3) is 0 Å². The minimum absolute atomic E-state index is 0.0798. The van der Waals surface area contributed by atoms with Crippen molar-refractivity contribution in [3.8, 4) is 0 Å².